The van der Waals surface area contributed by atoms with Gasteiger partial charge in [0.15, 0.2) is 11.5 Å². The number of amides is 1. The second-order valence-electron chi connectivity index (χ2n) is 4.73. The number of fused-ring (bicyclic) bond motifs is 1. The van der Waals surface area contributed by atoms with Crippen molar-refractivity contribution >= 4 is 21.6 Å². The molecule has 0 fully saturated rings. The van der Waals surface area contributed by atoms with Crippen molar-refractivity contribution < 1.29 is 22.7 Å². The number of carbonyl (C=O) groups is 1. The topological polar surface area (TPSA) is 98.9 Å². The van der Waals surface area contributed by atoms with Crippen molar-refractivity contribution in [3.05, 3.63) is 18.2 Å². The quantitative estimate of drug-likeness (QED) is 0.824. The van der Waals surface area contributed by atoms with E-state index < -0.39 is 15.9 Å². The molecule has 1 aliphatic heterocycles. The lowest BCUT2D eigenvalue weighted by molar-refractivity contribution is -0.118. The SMILES string of the molecule is CS(=O)(=O)N(CCCC(N)=O)c1ccc2c(c1)OCCO2. The van der Waals surface area contributed by atoms with Crippen molar-refractivity contribution in [3.8, 4) is 11.5 Å². The first-order valence-electron chi connectivity index (χ1n) is 6.53. The van der Waals surface area contributed by atoms with Gasteiger partial charge >= 0.3 is 0 Å². The van der Waals surface area contributed by atoms with E-state index in [9.17, 15) is 13.2 Å². The van der Waals surface area contributed by atoms with Crippen LogP contribution in [0.4, 0.5) is 5.69 Å². The zero-order valence-corrected chi connectivity index (χ0v) is 12.6. The van der Waals surface area contributed by atoms with Crippen LogP contribution in [0.15, 0.2) is 18.2 Å². The summed E-state index contributed by atoms with van der Waals surface area (Å²) in [6, 6.07) is 4.95. The van der Waals surface area contributed by atoms with E-state index in [0.717, 1.165) is 6.26 Å². The third-order valence-corrected chi connectivity index (χ3v) is 4.19. The van der Waals surface area contributed by atoms with E-state index in [4.69, 9.17) is 15.2 Å². The maximum Gasteiger partial charge on any atom is 0.232 e. The number of hydrogen-bond donors (Lipinski definition) is 1. The van der Waals surface area contributed by atoms with Crippen LogP contribution in [-0.4, -0.2) is 40.3 Å². The lowest BCUT2D eigenvalue weighted by Gasteiger charge is -2.25. The molecular weight excluding hydrogens is 296 g/mol. The maximum absolute atomic E-state index is 11.9. The van der Waals surface area contributed by atoms with Gasteiger partial charge in [0, 0.05) is 19.0 Å². The van der Waals surface area contributed by atoms with Gasteiger partial charge in [0.2, 0.25) is 15.9 Å². The van der Waals surface area contributed by atoms with Gasteiger partial charge in [0.05, 0.1) is 11.9 Å². The number of hydrogen-bond acceptors (Lipinski definition) is 5. The predicted octanol–water partition coefficient (Wildman–Crippen LogP) is 0.489. The zero-order valence-electron chi connectivity index (χ0n) is 11.7. The molecule has 0 aliphatic carbocycles. The third-order valence-electron chi connectivity index (χ3n) is 3.00. The Balaban J connectivity index is 2.22. The second kappa shape index (κ2) is 6.21. The molecule has 21 heavy (non-hydrogen) atoms. The molecule has 0 saturated heterocycles. The molecule has 1 aromatic carbocycles. The molecule has 116 valence electrons. The number of carbonyl (C=O) groups excluding carboxylic acids is 1. The molecule has 1 aromatic rings. The first-order valence-corrected chi connectivity index (χ1v) is 8.38. The molecule has 2 rings (SSSR count). The number of nitrogens with zero attached hydrogens (tertiary/aromatic N) is 1. The fraction of sp³-hybridized carbons (Fsp3) is 0.462. The number of rotatable bonds is 6. The summed E-state index contributed by atoms with van der Waals surface area (Å²) in [4.78, 5) is 10.8. The maximum atomic E-state index is 11.9. The highest BCUT2D eigenvalue weighted by atomic mass is 32.2. The number of anilines is 1. The molecule has 0 atom stereocenters. The smallest absolute Gasteiger partial charge is 0.232 e. The fourth-order valence-electron chi connectivity index (χ4n) is 2.07. The number of nitrogens with two attached hydrogens (primary N) is 1. The number of sulfonamides is 1. The van der Waals surface area contributed by atoms with Gasteiger partial charge < -0.3 is 15.2 Å². The highest BCUT2D eigenvalue weighted by molar-refractivity contribution is 7.92. The van der Waals surface area contributed by atoms with E-state index in [1.54, 1.807) is 18.2 Å². The first-order chi connectivity index (χ1) is 9.88. The number of ether oxygens (including phenoxy) is 2. The van der Waals surface area contributed by atoms with Gasteiger partial charge in [-0.25, -0.2) is 8.42 Å². The second-order valence-corrected chi connectivity index (χ2v) is 6.64. The summed E-state index contributed by atoms with van der Waals surface area (Å²) in [5, 5.41) is 0. The average Bonchev–Trinajstić information content (AvgIpc) is 2.41. The molecule has 1 amide bonds. The Hall–Kier alpha value is -1.96. The van der Waals surface area contributed by atoms with E-state index in [2.05, 4.69) is 0 Å². The van der Waals surface area contributed by atoms with Gasteiger partial charge in [0.1, 0.15) is 13.2 Å². The van der Waals surface area contributed by atoms with Crippen molar-refractivity contribution in [1.82, 2.24) is 0 Å². The normalized spacial score (nSPS) is 13.8. The van der Waals surface area contributed by atoms with E-state index in [0.29, 0.717) is 36.8 Å². The molecule has 1 heterocycles. The predicted molar refractivity (Wildman–Crippen MR) is 78.1 cm³/mol. The van der Waals surface area contributed by atoms with Crippen LogP contribution in [0, 0.1) is 0 Å². The van der Waals surface area contributed by atoms with Crippen LogP contribution in [0.3, 0.4) is 0 Å². The standard InChI is InChI=1S/C13H18N2O5S/c1-21(17,18)15(6-2-3-13(14)16)10-4-5-11-12(9-10)20-8-7-19-11/h4-5,9H,2-3,6-8H2,1H3,(H2,14,16). The number of benzene rings is 1. The Morgan fingerprint density at radius 2 is 1.95 bits per heavy atom. The first kappa shape index (κ1) is 15.4. The van der Waals surface area contributed by atoms with Crippen LogP contribution >= 0.6 is 0 Å². The van der Waals surface area contributed by atoms with Crippen molar-refractivity contribution in [2.24, 2.45) is 5.73 Å². The zero-order chi connectivity index (χ0) is 15.5. The van der Waals surface area contributed by atoms with Gasteiger partial charge in [-0.05, 0) is 18.6 Å². The van der Waals surface area contributed by atoms with E-state index in [1.165, 1.54) is 4.31 Å². The molecule has 0 saturated carbocycles. The lowest BCUT2D eigenvalue weighted by Crippen LogP contribution is -2.31. The van der Waals surface area contributed by atoms with E-state index in [1.807, 2.05) is 0 Å². The van der Waals surface area contributed by atoms with Crippen LogP contribution in [0.5, 0.6) is 11.5 Å². The molecule has 7 nitrogen and oxygen atoms in total. The molecule has 0 bridgehead atoms. The number of primary amides is 1. The van der Waals surface area contributed by atoms with Crippen molar-refractivity contribution in [3.63, 3.8) is 0 Å². The highest BCUT2D eigenvalue weighted by Gasteiger charge is 2.20. The van der Waals surface area contributed by atoms with Crippen LogP contribution in [0.1, 0.15) is 12.8 Å². The molecule has 2 N–H and O–H groups in total. The van der Waals surface area contributed by atoms with Crippen LogP contribution < -0.4 is 19.5 Å². The summed E-state index contributed by atoms with van der Waals surface area (Å²) < 4.78 is 35.9. The van der Waals surface area contributed by atoms with Gasteiger partial charge in [-0.15, -0.1) is 0 Å². The Morgan fingerprint density at radius 1 is 1.29 bits per heavy atom. The van der Waals surface area contributed by atoms with Crippen molar-refractivity contribution in [2.75, 3.05) is 30.3 Å². The molecular formula is C13H18N2O5S. The van der Waals surface area contributed by atoms with Crippen molar-refractivity contribution in [2.45, 2.75) is 12.8 Å². The summed E-state index contributed by atoms with van der Waals surface area (Å²) in [6.07, 6.45) is 1.61. The van der Waals surface area contributed by atoms with Gasteiger partial charge in [0.25, 0.3) is 0 Å². The highest BCUT2D eigenvalue weighted by Crippen LogP contribution is 2.34. The summed E-state index contributed by atoms with van der Waals surface area (Å²) in [6.45, 7) is 1.08. The molecule has 1 aliphatic rings. The van der Waals surface area contributed by atoms with Crippen molar-refractivity contribution in [1.29, 1.82) is 0 Å². The lowest BCUT2D eigenvalue weighted by atomic mass is 10.2. The Labute approximate surface area is 123 Å². The van der Waals surface area contributed by atoms with Gasteiger partial charge in [-0.1, -0.05) is 0 Å². The van der Waals surface area contributed by atoms with E-state index in [-0.39, 0.29) is 13.0 Å². The van der Waals surface area contributed by atoms with Gasteiger partial charge in [-0.3, -0.25) is 9.10 Å². The van der Waals surface area contributed by atoms with Crippen LogP contribution in [0.25, 0.3) is 0 Å². The minimum atomic E-state index is -3.46. The van der Waals surface area contributed by atoms with Crippen LogP contribution in [0.2, 0.25) is 0 Å². The van der Waals surface area contributed by atoms with Gasteiger partial charge in [-0.2, -0.15) is 0 Å². The third kappa shape index (κ3) is 4.01. The largest absolute Gasteiger partial charge is 0.486 e. The molecule has 0 spiro atoms. The monoisotopic (exact) mass is 314 g/mol. The average molecular weight is 314 g/mol. The summed E-state index contributed by atoms with van der Waals surface area (Å²) in [5.41, 5.74) is 5.55. The van der Waals surface area contributed by atoms with E-state index >= 15 is 0 Å². The van der Waals surface area contributed by atoms with Crippen LogP contribution in [-0.2, 0) is 14.8 Å². The Bertz CT molecular complexity index is 629. The minimum Gasteiger partial charge on any atom is -0.486 e. The Kier molecular flexibility index (Phi) is 4.56. The fourth-order valence-corrected chi connectivity index (χ4v) is 3.03. The molecule has 0 unspecified atom stereocenters. The molecule has 0 aromatic heterocycles. The summed E-state index contributed by atoms with van der Waals surface area (Å²) >= 11 is 0. The molecule has 8 heteroatoms. The summed E-state index contributed by atoms with van der Waals surface area (Å²) in [7, 11) is -3.46. The molecule has 0 radical (unpaired) electrons. The minimum absolute atomic E-state index is 0.135. The summed E-state index contributed by atoms with van der Waals surface area (Å²) in [5.74, 6) is 0.656. The Morgan fingerprint density at radius 3 is 2.57 bits per heavy atom.